The number of aliphatic imine (C=N–C) groups is 2. The summed E-state index contributed by atoms with van der Waals surface area (Å²) in [6.07, 6.45) is 5.38. The first kappa shape index (κ1) is 14.9. The zero-order valence-corrected chi connectivity index (χ0v) is 15.0. The maximum absolute atomic E-state index is 4.96. The topological polar surface area (TPSA) is 40.0 Å². The van der Waals surface area contributed by atoms with Crippen LogP contribution in [0.15, 0.2) is 21.1 Å². The van der Waals surface area contributed by atoms with Gasteiger partial charge in [-0.25, -0.2) is 0 Å². The van der Waals surface area contributed by atoms with Crippen molar-refractivity contribution in [2.45, 2.75) is 51.1 Å². The van der Waals surface area contributed by atoms with Crippen molar-refractivity contribution >= 4 is 33.9 Å². The summed E-state index contributed by atoms with van der Waals surface area (Å²) in [7, 11) is 0. The van der Waals surface area contributed by atoms with E-state index in [0.29, 0.717) is 6.04 Å². The summed E-state index contributed by atoms with van der Waals surface area (Å²) in [6.45, 7) is 6.54. The lowest BCUT2D eigenvalue weighted by atomic mass is 9.84. The quantitative estimate of drug-likeness (QED) is 0.840. The van der Waals surface area contributed by atoms with Crippen molar-refractivity contribution in [2.75, 3.05) is 18.8 Å². The average Bonchev–Trinajstić information content (AvgIpc) is 3.00. The van der Waals surface area contributed by atoms with Crippen molar-refractivity contribution in [2.24, 2.45) is 15.9 Å². The molecule has 0 amide bonds. The smallest absolute Gasteiger partial charge is 0.168 e. The van der Waals surface area contributed by atoms with E-state index in [-0.39, 0.29) is 5.54 Å². The SMILES string of the molecule is CC1(C)CN2C(CSC3=N[C@@H]4CCCC[C@@H]4CN3)=CSC2=N1. The number of rotatable bonds is 2. The molecule has 4 nitrogen and oxygen atoms in total. The van der Waals surface area contributed by atoms with Gasteiger partial charge in [-0.3, -0.25) is 9.98 Å². The van der Waals surface area contributed by atoms with Crippen LogP contribution in [-0.4, -0.2) is 45.7 Å². The highest BCUT2D eigenvalue weighted by Crippen LogP contribution is 2.37. The fourth-order valence-electron chi connectivity index (χ4n) is 3.66. The third-order valence-electron chi connectivity index (χ3n) is 4.85. The zero-order chi connectivity index (χ0) is 15.2. The van der Waals surface area contributed by atoms with Crippen LogP contribution in [0.1, 0.15) is 39.5 Å². The Labute approximate surface area is 141 Å². The van der Waals surface area contributed by atoms with Gasteiger partial charge in [-0.1, -0.05) is 36.4 Å². The van der Waals surface area contributed by atoms with Gasteiger partial charge in [0.2, 0.25) is 0 Å². The summed E-state index contributed by atoms with van der Waals surface area (Å²) < 4.78 is 0. The van der Waals surface area contributed by atoms with Crippen LogP contribution in [0.3, 0.4) is 0 Å². The molecule has 4 rings (SSSR count). The summed E-state index contributed by atoms with van der Waals surface area (Å²) in [5.41, 5.74) is 1.44. The molecule has 0 aromatic carbocycles. The predicted molar refractivity (Wildman–Crippen MR) is 97.5 cm³/mol. The monoisotopic (exact) mass is 336 g/mol. The number of fused-ring (bicyclic) bond motifs is 2. The van der Waals surface area contributed by atoms with Crippen LogP contribution in [0.5, 0.6) is 0 Å². The number of hydrogen-bond donors (Lipinski definition) is 1. The normalized spacial score (nSPS) is 32.6. The Kier molecular flexibility index (Phi) is 3.93. The van der Waals surface area contributed by atoms with Crippen molar-refractivity contribution in [1.29, 1.82) is 0 Å². The van der Waals surface area contributed by atoms with Gasteiger partial charge in [-0.15, -0.1) is 0 Å². The van der Waals surface area contributed by atoms with E-state index in [4.69, 9.17) is 9.98 Å². The van der Waals surface area contributed by atoms with E-state index in [1.807, 2.05) is 11.8 Å². The Morgan fingerprint density at radius 2 is 2.27 bits per heavy atom. The molecule has 3 heterocycles. The maximum atomic E-state index is 4.96. The fourth-order valence-corrected chi connectivity index (χ4v) is 5.75. The number of thioether (sulfide) groups is 2. The lowest BCUT2D eigenvalue weighted by Gasteiger charge is -2.33. The van der Waals surface area contributed by atoms with Crippen LogP contribution in [-0.2, 0) is 0 Å². The molecule has 3 aliphatic heterocycles. The van der Waals surface area contributed by atoms with Gasteiger partial charge in [0.1, 0.15) is 0 Å². The van der Waals surface area contributed by atoms with Crippen LogP contribution in [0.2, 0.25) is 0 Å². The highest BCUT2D eigenvalue weighted by molar-refractivity contribution is 8.17. The van der Waals surface area contributed by atoms with Crippen LogP contribution in [0.4, 0.5) is 0 Å². The second-order valence-corrected chi connectivity index (χ2v) is 9.04. The summed E-state index contributed by atoms with van der Waals surface area (Å²) in [6, 6.07) is 0.576. The van der Waals surface area contributed by atoms with E-state index in [0.717, 1.165) is 29.9 Å². The summed E-state index contributed by atoms with van der Waals surface area (Å²) in [5, 5.41) is 8.13. The molecule has 0 spiro atoms. The molecular formula is C16H24N4S2. The molecule has 1 N–H and O–H groups in total. The average molecular weight is 337 g/mol. The standard InChI is InChI=1S/C16H24N4S2/c1-16(2)10-20-12(9-22-15(20)19-16)8-21-14-17-7-11-5-3-4-6-13(11)18-14/h9,11,13H,3-8,10H2,1-2H3,(H,17,18)/t11-,13-/m1/s1. The third-order valence-corrected chi connectivity index (χ3v) is 6.72. The summed E-state index contributed by atoms with van der Waals surface area (Å²) in [4.78, 5) is 12.1. The molecule has 6 heteroatoms. The maximum Gasteiger partial charge on any atom is 0.168 e. The second-order valence-electron chi connectivity index (χ2n) is 7.24. The third kappa shape index (κ3) is 2.92. The first-order chi connectivity index (χ1) is 10.6. The number of nitrogens with one attached hydrogen (secondary N) is 1. The van der Waals surface area contributed by atoms with Crippen LogP contribution in [0, 0.1) is 5.92 Å². The first-order valence-electron chi connectivity index (χ1n) is 8.28. The molecule has 1 saturated carbocycles. The molecule has 0 radical (unpaired) electrons. The lowest BCUT2D eigenvalue weighted by Crippen LogP contribution is -2.41. The van der Waals surface area contributed by atoms with Crippen molar-refractivity contribution in [3.63, 3.8) is 0 Å². The molecule has 4 aliphatic rings. The van der Waals surface area contributed by atoms with Crippen molar-refractivity contribution < 1.29 is 0 Å². The van der Waals surface area contributed by atoms with Gasteiger partial charge in [0.25, 0.3) is 0 Å². The Hall–Kier alpha value is -0.620. The number of hydrogen-bond acceptors (Lipinski definition) is 6. The zero-order valence-electron chi connectivity index (χ0n) is 13.3. The van der Waals surface area contributed by atoms with Crippen molar-refractivity contribution in [3.05, 3.63) is 11.1 Å². The van der Waals surface area contributed by atoms with E-state index >= 15 is 0 Å². The highest BCUT2D eigenvalue weighted by Gasteiger charge is 2.36. The predicted octanol–water partition coefficient (Wildman–Crippen LogP) is 3.28. The van der Waals surface area contributed by atoms with Gasteiger partial charge >= 0.3 is 0 Å². The van der Waals surface area contributed by atoms with E-state index in [1.165, 1.54) is 36.5 Å². The highest BCUT2D eigenvalue weighted by atomic mass is 32.2. The Balaban J connectivity index is 1.36. The van der Waals surface area contributed by atoms with Gasteiger partial charge in [-0.2, -0.15) is 0 Å². The number of nitrogens with zero attached hydrogens (tertiary/aromatic N) is 3. The molecule has 0 aromatic rings. The minimum absolute atomic E-state index is 0.0580. The van der Waals surface area contributed by atoms with Crippen LogP contribution >= 0.6 is 23.5 Å². The lowest BCUT2D eigenvalue weighted by molar-refractivity contribution is 0.298. The molecule has 0 aromatic heterocycles. The molecule has 120 valence electrons. The fraction of sp³-hybridized carbons (Fsp3) is 0.750. The van der Waals surface area contributed by atoms with E-state index < -0.39 is 0 Å². The molecule has 1 aliphatic carbocycles. The molecule has 1 fully saturated rings. The molecule has 0 unspecified atom stereocenters. The van der Waals surface area contributed by atoms with E-state index in [2.05, 4.69) is 29.5 Å². The molecular weight excluding hydrogens is 312 g/mol. The van der Waals surface area contributed by atoms with Crippen LogP contribution < -0.4 is 5.32 Å². The minimum Gasteiger partial charge on any atom is -0.365 e. The van der Waals surface area contributed by atoms with Crippen molar-refractivity contribution in [1.82, 2.24) is 10.2 Å². The Morgan fingerprint density at radius 3 is 3.18 bits per heavy atom. The van der Waals surface area contributed by atoms with E-state index in [9.17, 15) is 0 Å². The summed E-state index contributed by atoms with van der Waals surface area (Å²) in [5.74, 6) is 1.77. The molecule has 2 atom stereocenters. The molecule has 22 heavy (non-hydrogen) atoms. The minimum atomic E-state index is 0.0580. The first-order valence-corrected chi connectivity index (χ1v) is 10.1. The van der Waals surface area contributed by atoms with Gasteiger partial charge in [0.05, 0.1) is 11.6 Å². The van der Waals surface area contributed by atoms with E-state index in [1.54, 1.807) is 11.8 Å². The summed E-state index contributed by atoms with van der Waals surface area (Å²) >= 11 is 3.63. The Morgan fingerprint density at radius 1 is 1.41 bits per heavy atom. The molecule has 0 saturated heterocycles. The van der Waals surface area contributed by atoms with Gasteiger partial charge in [0.15, 0.2) is 10.3 Å². The van der Waals surface area contributed by atoms with Gasteiger partial charge in [-0.05, 0) is 38.0 Å². The number of amidine groups is 2. The van der Waals surface area contributed by atoms with Crippen LogP contribution in [0.25, 0.3) is 0 Å². The second kappa shape index (κ2) is 5.78. The Bertz CT molecular complexity index is 552. The van der Waals surface area contributed by atoms with Crippen molar-refractivity contribution in [3.8, 4) is 0 Å². The van der Waals surface area contributed by atoms with Gasteiger partial charge < -0.3 is 10.2 Å². The molecule has 0 bridgehead atoms. The van der Waals surface area contributed by atoms with Gasteiger partial charge in [0, 0.05) is 24.5 Å². The largest absolute Gasteiger partial charge is 0.365 e.